The average molecular weight is 343 g/mol. The number of hydrogen-bond donors (Lipinski definition) is 1. The summed E-state index contributed by atoms with van der Waals surface area (Å²) < 4.78 is 5.17. The van der Waals surface area contributed by atoms with Crippen LogP contribution in [0, 0.1) is 56.2 Å². The summed E-state index contributed by atoms with van der Waals surface area (Å²) in [6.45, 7) is 0. The predicted octanol–water partition coefficient (Wildman–Crippen LogP) is 3.23. The lowest BCUT2D eigenvalue weighted by atomic mass is 9.54. The van der Waals surface area contributed by atoms with Crippen LogP contribution in [0.3, 0.4) is 0 Å². The SMILES string of the molecule is COc1ccc([C@@H]2NC3=C(CCCC3)C(C#N)(C#N)C2(C#N)C#N)cc1. The van der Waals surface area contributed by atoms with Crippen molar-refractivity contribution in [2.75, 3.05) is 7.11 Å². The maximum Gasteiger partial charge on any atom is 0.203 e. The van der Waals surface area contributed by atoms with E-state index in [1.807, 2.05) is 12.1 Å². The van der Waals surface area contributed by atoms with E-state index in [1.165, 1.54) is 0 Å². The molecule has 1 N–H and O–H groups in total. The van der Waals surface area contributed by atoms with Gasteiger partial charge in [0, 0.05) is 5.70 Å². The second kappa shape index (κ2) is 6.44. The Kier molecular flexibility index (Phi) is 4.29. The largest absolute Gasteiger partial charge is 0.497 e. The molecule has 0 aromatic heterocycles. The van der Waals surface area contributed by atoms with Gasteiger partial charge in [-0.3, -0.25) is 0 Å². The molecule has 0 radical (unpaired) electrons. The third-order valence-electron chi connectivity index (χ3n) is 5.40. The highest BCUT2D eigenvalue weighted by atomic mass is 16.5. The molecule has 0 amide bonds. The molecule has 1 aliphatic carbocycles. The Bertz CT molecular complexity index is 889. The van der Waals surface area contributed by atoms with Gasteiger partial charge in [0.15, 0.2) is 0 Å². The molecular formula is C20H17N5O. The van der Waals surface area contributed by atoms with E-state index >= 15 is 0 Å². The molecule has 2 aliphatic rings. The van der Waals surface area contributed by atoms with Gasteiger partial charge in [0.1, 0.15) is 5.75 Å². The number of ether oxygens (including phenoxy) is 1. The fourth-order valence-corrected chi connectivity index (χ4v) is 4.00. The van der Waals surface area contributed by atoms with Crippen molar-refractivity contribution in [1.82, 2.24) is 5.32 Å². The number of hydrogen-bond acceptors (Lipinski definition) is 6. The number of nitriles is 4. The first-order valence-corrected chi connectivity index (χ1v) is 8.40. The summed E-state index contributed by atoms with van der Waals surface area (Å²) in [6.07, 6.45) is 3.04. The van der Waals surface area contributed by atoms with Gasteiger partial charge in [-0.15, -0.1) is 0 Å². The number of allylic oxidation sites excluding steroid dienone is 2. The Morgan fingerprint density at radius 1 is 0.962 bits per heavy atom. The topological polar surface area (TPSA) is 116 Å². The molecule has 0 saturated carbocycles. The van der Waals surface area contributed by atoms with Crippen molar-refractivity contribution in [2.45, 2.75) is 31.7 Å². The lowest BCUT2D eigenvalue weighted by molar-refractivity contribution is 0.217. The van der Waals surface area contributed by atoms with Crippen molar-refractivity contribution in [2.24, 2.45) is 10.8 Å². The van der Waals surface area contributed by atoms with Gasteiger partial charge >= 0.3 is 0 Å². The van der Waals surface area contributed by atoms with E-state index in [1.54, 1.807) is 31.4 Å². The molecule has 0 fully saturated rings. The molecule has 1 atom stereocenters. The third-order valence-corrected chi connectivity index (χ3v) is 5.40. The molecule has 6 nitrogen and oxygen atoms in total. The van der Waals surface area contributed by atoms with Crippen molar-refractivity contribution in [3.63, 3.8) is 0 Å². The van der Waals surface area contributed by atoms with Gasteiger partial charge in [-0.25, -0.2) is 0 Å². The van der Waals surface area contributed by atoms with Crippen LogP contribution in [0.25, 0.3) is 0 Å². The van der Waals surface area contributed by atoms with Crippen LogP contribution in [-0.4, -0.2) is 7.11 Å². The molecule has 128 valence electrons. The number of methoxy groups -OCH3 is 1. The first-order chi connectivity index (χ1) is 12.6. The first kappa shape index (κ1) is 17.3. The smallest absolute Gasteiger partial charge is 0.203 e. The summed E-state index contributed by atoms with van der Waals surface area (Å²) in [5.41, 5.74) is -1.55. The van der Waals surface area contributed by atoms with Crippen LogP contribution in [0.5, 0.6) is 5.75 Å². The van der Waals surface area contributed by atoms with Gasteiger partial charge < -0.3 is 10.1 Å². The zero-order valence-corrected chi connectivity index (χ0v) is 14.4. The summed E-state index contributed by atoms with van der Waals surface area (Å²) in [4.78, 5) is 0. The molecule has 1 aromatic carbocycles. The Morgan fingerprint density at radius 3 is 2.12 bits per heavy atom. The summed E-state index contributed by atoms with van der Waals surface area (Å²) >= 11 is 0. The van der Waals surface area contributed by atoms with Gasteiger partial charge in [-0.1, -0.05) is 12.1 Å². The van der Waals surface area contributed by atoms with Gasteiger partial charge in [-0.2, -0.15) is 21.0 Å². The molecule has 1 aromatic rings. The standard InChI is InChI=1S/C20H17N5O/c1-26-15-8-6-14(7-9-15)18-20(12-23,13-24)19(10-21,11-22)16-4-2-3-5-17(16)25-18/h6-9,18,25H,2-5H2,1H3/t18-/m0/s1. The molecule has 0 saturated heterocycles. The maximum absolute atomic E-state index is 10.0. The molecule has 26 heavy (non-hydrogen) atoms. The molecule has 3 rings (SSSR count). The van der Waals surface area contributed by atoms with E-state index in [0.29, 0.717) is 29.7 Å². The quantitative estimate of drug-likeness (QED) is 0.881. The second-order valence-corrected chi connectivity index (χ2v) is 6.52. The normalized spacial score (nSPS) is 22.4. The Labute approximate surface area is 152 Å². The number of nitrogens with zero attached hydrogens (tertiary/aromatic N) is 4. The fourth-order valence-electron chi connectivity index (χ4n) is 4.00. The van der Waals surface area contributed by atoms with Crippen LogP contribution in [0.15, 0.2) is 35.5 Å². The van der Waals surface area contributed by atoms with Crippen molar-refractivity contribution in [3.8, 4) is 30.0 Å². The Morgan fingerprint density at radius 2 is 1.58 bits per heavy atom. The maximum atomic E-state index is 10.0. The number of benzene rings is 1. The molecule has 0 spiro atoms. The van der Waals surface area contributed by atoms with Crippen molar-refractivity contribution >= 4 is 0 Å². The number of rotatable bonds is 2. The summed E-state index contributed by atoms with van der Waals surface area (Å²) in [5, 5.41) is 43.3. The summed E-state index contributed by atoms with van der Waals surface area (Å²) in [5.74, 6) is 0.647. The Balaban J connectivity index is 2.27. The van der Waals surface area contributed by atoms with E-state index < -0.39 is 16.9 Å². The lowest BCUT2D eigenvalue weighted by Gasteiger charge is -2.46. The van der Waals surface area contributed by atoms with E-state index in [0.717, 1.165) is 18.5 Å². The molecule has 6 heteroatoms. The third kappa shape index (κ3) is 2.13. The zero-order valence-electron chi connectivity index (χ0n) is 14.4. The van der Waals surface area contributed by atoms with Gasteiger partial charge in [0.05, 0.1) is 37.4 Å². The van der Waals surface area contributed by atoms with Crippen molar-refractivity contribution in [3.05, 3.63) is 41.1 Å². The monoisotopic (exact) mass is 343 g/mol. The van der Waals surface area contributed by atoms with Crippen molar-refractivity contribution < 1.29 is 4.74 Å². The highest BCUT2D eigenvalue weighted by molar-refractivity contribution is 5.53. The predicted molar refractivity (Wildman–Crippen MR) is 91.7 cm³/mol. The average Bonchev–Trinajstić information content (AvgIpc) is 2.72. The van der Waals surface area contributed by atoms with Crippen LogP contribution in [-0.2, 0) is 0 Å². The first-order valence-electron chi connectivity index (χ1n) is 8.40. The minimum atomic E-state index is -1.85. The highest BCUT2D eigenvalue weighted by Crippen LogP contribution is 2.57. The highest BCUT2D eigenvalue weighted by Gasteiger charge is 2.64. The van der Waals surface area contributed by atoms with Gasteiger partial charge in [0.2, 0.25) is 10.8 Å². The minimum absolute atomic E-state index is 0.546. The second-order valence-electron chi connectivity index (χ2n) is 6.52. The minimum Gasteiger partial charge on any atom is -0.497 e. The van der Waals surface area contributed by atoms with E-state index in [9.17, 15) is 21.0 Å². The lowest BCUT2D eigenvalue weighted by Crippen LogP contribution is -2.53. The number of nitrogens with one attached hydrogen (secondary N) is 1. The zero-order chi connectivity index (χ0) is 18.8. The van der Waals surface area contributed by atoms with Crippen LogP contribution < -0.4 is 10.1 Å². The van der Waals surface area contributed by atoms with Gasteiger partial charge in [-0.05, 0) is 49.0 Å². The van der Waals surface area contributed by atoms with Crippen molar-refractivity contribution in [1.29, 1.82) is 21.0 Å². The van der Waals surface area contributed by atoms with E-state index in [-0.39, 0.29) is 0 Å². The Hall–Kier alpha value is -3.48. The molecule has 0 bridgehead atoms. The molecule has 1 aliphatic heterocycles. The van der Waals surface area contributed by atoms with Crippen LogP contribution in [0.4, 0.5) is 0 Å². The van der Waals surface area contributed by atoms with Crippen LogP contribution >= 0.6 is 0 Å². The molecular weight excluding hydrogens is 326 g/mol. The summed E-state index contributed by atoms with van der Waals surface area (Å²) in [7, 11) is 1.55. The van der Waals surface area contributed by atoms with Gasteiger partial charge in [0.25, 0.3) is 0 Å². The summed E-state index contributed by atoms with van der Waals surface area (Å²) in [6, 6.07) is 14.4. The van der Waals surface area contributed by atoms with Crippen LogP contribution in [0.2, 0.25) is 0 Å². The van der Waals surface area contributed by atoms with Crippen LogP contribution in [0.1, 0.15) is 37.3 Å². The van der Waals surface area contributed by atoms with E-state index in [2.05, 4.69) is 17.5 Å². The van der Waals surface area contributed by atoms with E-state index in [4.69, 9.17) is 4.74 Å². The molecule has 0 unspecified atom stereocenters. The molecule has 1 heterocycles. The fraction of sp³-hybridized carbons (Fsp3) is 0.400.